The van der Waals surface area contributed by atoms with Gasteiger partial charge in [-0.25, -0.2) is 0 Å². The molecule has 0 amide bonds. The van der Waals surface area contributed by atoms with Gasteiger partial charge in [-0.1, -0.05) is 74.1 Å². The van der Waals surface area contributed by atoms with Crippen LogP contribution in [0.5, 0.6) is 0 Å². The van der Waals surface area contributed by atoms with Crippen LogP contribution in [-0.2, 0) is 0 Å². The van der Waals surface area contributed by atoms with Crippen molar-refractivity contribution < 1.29 is 0 Å². The number of fused-ring (bicyclic) bond motifs is 5. The third-order valence-corrected chi connectivity index (χ3v) is 9.42. The summed E-state index contributed by atoms with van der Waals surface area (Å²) in [6.07, 6.45) is 18.5. The van der Waals surface area contributed by atoms with Crippen molar-refractivity contribution in [2.24, 2.45) is 40.4 Å². The number of hydrogen-bond donors (Lipinski definition) is 0. The molecule has 0 bridgehead atoms. The zero-order chi connectivity index (χ0) is 19.4. The quantitative estimate of drug-likeness (QED) is 0.460. The van der Waals surface area contributed by atoms with Gasteiger partial charge in [0.1, 0.15) is 0 Å². The second-order valence-corrected chi connectivity index (χ2v) is 10.0. The van der Waals surface area contributed by atoms with Crippen molar-refractivity contribution in [3.8, 4) is 0 Å². The molecule has 0 aromatic carbocycles. The Morgan fingerprint density at radius 3 is 2.08 bits per heavy atom. The predicted molar refractivity (Wildman–Crippen MR) is 117 cm³/mol. The van der Waals surface area contributed by atoms with Gasteiger partial charge in [-0.3, -0.25) is 0 Å². The molecule has 4 saturated carbocycles. The Kier molecular flexibility index (Phi) is 8.12. The number of hydrogen-bond acceptors (Lipinski definition) is 0. The summed E-state index contributed by atoms with van der Waals surface area (Å²) >= 11 is 0. The van der Waals surface area contributed by atoms with Crippen LogP contribution < -0.4 is 0 Å². The van der Waals surface area contributed by atoms with E-state index < -0.39 is 0 Å². The van der Waals surface area contributed by atoms with Crippen LogP contribution >= 0.6 is 0 Å². The first-order chi connectivity index (χ1) is 12.6. The van der Waals surface area contributed by atoms with Crippen molar-refractivity contribution in [1.29, 1.82) is 0 Å². The molecular weight excluding hydrogens is 312 g/mol. The van der Waals surface area contributed by atoms with Gasteiger partial charge < -0.3 is 0 Å². The summed E-state index contributed by atoms with van der Waals surface area (Å²) in [5.41, 5.74) is 1.44. The molecule has 4 rings (SSSR count). The average molecular weight is 363 g/mol. The van der Waals surface area contributed by atoms with E-state index in [2.05, 4.69) is 20.8 Å². The molecular formula is C26H50. The molecule has 4 aliphatic rings. The minimum absolute atomic E-state index is 0.717. The van der Waals surface area contributed by atoms with Crippen LogP contribution in [0.3, 0.4) is 0 Å². The first kappa shape index (κ1) is 22.3. The molecule has 0 saturated heterocycles. The minimum Gasteiger partial charge on any atom is -0.0683 e. The smallest absolute Gasteiger partial charge is 0.0266 e. The van der Waals surface area contributed by atoms with Gasteiger partial charge in [-0.2, -0.15) is 0 Å². The highest BCUT2D eigenvalue weighted by molar-refractivity contribution is 5.08. The summed E-state index contributed by atoms with van der Waals surface area (Å²) < 4.78 is 0. The van der Waals surface area contributed by atoms with Crippen molar-refractivity contribution in [3.63, 3.8) is 0 Å². The van der Waals surface area contributed by atoms with Crippen molar-refractivity contribution in [2.45, 2.75) is 126 Å². The molecule has 0 heterocycles. The summed E-state index contributed by atoms with van der Waals surface area (Å²) in [5, 5.41) is 0. The lowest BCUT2D eigenvalue weighted by molar-refractivity contribution is -0.111. The predicted octanol–water partition coefficient (Wildman–Crippen LogP) is 8.89. The van der Waals surface area contributed by atoms with E-state index in [9.17, 15) is 0 Å². The molecule has 0 nitrogen and oxygen atoms in total. The van der Waals surface area contributed by atoms with Gasteiger partial charge in [0.05, 0.1) is 0 Å². The molecule has 0 radical (unpaired) electrons. The van der Waals surface area contributed by atoms with Crippen LogP contribution in [0.4, 0.5) is 0 Å². The highest BCUT2D eigenvalue weighted by atomic mass is 14.6. The minimum atomic E-state index is 0.717. The van der Waals surface area contributed by atoms with Crippen LogP contribution in [0.25, 0.3) is 0 Å². The topological polar surface area (TPSA) is 0 Å². The molecule has 26 heavy (non-hydrogen) atoms. The highest BCUT2D eigenvalue weighted by Crippen LogP contribution is 2.67. The van der Waals surface area contributed by atoms with Crippen molar-refractivity contribution in [2.75, 3.05) is 0 Å². The Bertz CT molecular complexity index is 412. The second-order valence-electron chi connectivity index (χ2n) is 10.0. The first-order valence-electron chi connectivity index (χ1n) is 12.6. The Morgan fingerprint density at radius 2 is 1.38 bits per heavy atom. The summed E-state index contributed by atoms with van der Waals surface area (Å²) in [6, 6.07) is 0. The fourth-order valence-corrected chi connectivity index (χ4v) is 8.23. The first-order valence-corrected chi connectivity index (χ1v) is 12.6. The SMILES string of the molecule is CC.CC.CCCC1CCC2C3CCC4CCCC[C@]4(C)C3CC[C@]12C. The molecule has 0 aromatic rings. The maximum atomic E-state index is 2.72. The standard InChI is InChI=1S/C22H38.2C2H6/c1-4-7-16-10-12-19-18-11-9-17-8-5-6-14-21(17,2)20(18)13-15-22(16,19)3;2*1-2/h16-20H,4-15H2,1-3H3;2*1-2H3/t16?,17?,18?,19?,20?,21-,22+;;/m0../s1. The van der Waals surface area contributed by atoms with E-state index in [0.29, 0.717) is 0 Å². The lowest BCUT2D eigenvalue weighted by Gasteiger charge is -2.60. The van der Waals surface area contributed by atoms with E-state index in [4.69, 9.17) is 0 Å². The van der Waals surface area contributed by atoms with Gasteiger partial charge in [-0.15, -0.1) is 0 Å². The van der Waals surface area contributed by atoms with E-state index in [1.807, 2.05) is 27.7 Å². The molecule has 4 fully saturated rings. The Labute approximate surface area is 166 Å². The Hall–Kier alpha value is 0. The van der Waals surface area contributed by atoms with Gasteiger partial charge in [0.15, 0.2) is 0 Å². The van der Waals surface area contributed by atoms with Crippen LogP contribution in [0, 0.1) is 40.4 Å². The lowest BCUT2D eigenvalue weighted by atomic mass is 9.45. The van der Waals surface area contributed by atoms with Crippen molar-refractivity contribution >= 4 is 0 Å². The van der Waals surface area contributed by atoms with Gasteiger partial charge >= 0.3 is 0 Å². The van der Waals surface area contributed by atoms with Crippen LogP contribution in [-0.4, -0.2) is 0 Å². The molecule has 0 N–H and O–H groups in total. The fraction of sp³-hybridized carbons (Fsp3) is 1.00. The van der Waals surface area contributed by atoms with E-state index >= 15 is 0 Å². The third kappa shape index (κ3) is 3.65. The van der Waals surface area contributed by atoms with E-state index in [0.717, 1.165) is 40.4 Å². The lowest BCUT2D eigenvalue weighted by Crippen LogP contribution is -2.52. The summed E-state index contributed by atoms with van der Waals surface area (Å²) in [4.78, 5) is 0. The zero-order valence-electron chi connectivity index (χ0n) is 19.4. The van der Waals surface area contributed by atoms with Gasteiger partial charge in [-0.05, 0) is 91.8 Å². The van der Waals surface area contributed by atoms with Crippen molar-refractivity contribution in [1.82, 2.24) is 0 Å². The van der Waals surface area contributed by atoms with Crippen molar-refractivity contribution in [3.05, 3.63) is 0 Å². The molecule has 154 valence electrons. The Morgan fingerprint density at radius 1 is 0.692 bits per heavy atom. The van der Waals surface area contributed by atoms with Gasteiger partial charge in [0, 0.05) is 0 Å². The molecule has 7 atom stereocenters. The third-order valence-electron chi connectivity index (χ3n) is 9.42. The van der Waals surface area contributed by atoms with Crippen LogP contribution in [0.2, 0.25) is 0 Å². The summed E-state index contributed by atoms with van der Waals surface area (Å²) in [7, 11) is 0. The van der Waals surface area contributed by atoms with E-state index in [1.165, 1.54) is 25.7 Å². The average Bonchev–Trinajstić information content (AvgIpc) is 3.01. The normalized spacial score (nSPS) is 46.5. The second kappa shape index (κ2) is 9.47. The molecule has 0 aliphatic heterocycles. The van der Waals surface area contributed by atoms with E-state index in [1.54, 1.807) is 51.4 Å². The molecule has 0 spiro atoms. The highest BCUT2D eigenvalue weighted by Gasteiger charge is 2.59. The molecule has 4 aliphatic carbocycles. The fourth-order valence-electron chi connectivity index (χ4n) is 8.23. The molecule has 0 aromatic heterocycles. The van der Waals surface area contributed by atoms with Gasteiger partial charge in [0.2, 0.25) is 0 Å². The molecule has 5 unspecified atom stereocenters. The summed E-state index contributed by atoms with van der Waals surface area (Å²) in [5.74, 6) is 5.41. The van der Waals surface area contributed by atoms with E-state index in [-0.39, 0.29) is 0 Å². The largest absolute Gasteiger partial charge is 0.0683 e. The zero-order valence-corrected chi connectivity index (χ0v) is 19.4. The molecule has 0 heteroatoms. The van der Waals surface area contributed by atoms with Crippen LogP contribution in [0.15, 0.2) is 0 Å². The van der Waals surface area contributed by atoms with Crippen LogP contribution in [0.1, 0.15) is 126 Å². The maximum absolute atomic E-state index is 2.72. The maximum Gasteiger partial charge on any atom is -0.0266 e. The number of rotatable bonds is 2. The van der Waals surface area contributed by atoms with Gasteiger partial charge in [0.25, 0.3) is 0 Å². The summed E-state index contributed by atoms with van der Waals surface area (Å²) in [6.45, 7) is 15.8. The Balaban J connectivity index is 0.000000570. The monoisotopic (exact) mass is 362 g/mol.